The van der Waals surface area contributed by atoms with Crippen LogP contribution in [0, 0.1) is 0 Å². The summed E-state index contributed by atoms with van der Waals surface area (Å²) in [5.41, 5.74) is -0.618. The Morgan fingerprint density at radius 1 is 1.26 bits per heavy atom. The number of hydrogen-bond acceptors (Lipinski definition) is 6. The summed E-state index contributed by atoms with van der Waals surface area (Å²) < 4.78 is 4.35. The highest BCUT2D eigenvalue weighted by Crippen LogP contribution is 2.19. The van der Waals surface area contributed by atoms with Crippen molar-refractivity contribution in [2.75, 3.05) is 37.6 Å². The summed E-state index contributed by atoms with van der Waals surface area (Å²) in [7, 11) is 0. The van der Waals surface area contributed by atoms with Gasteiger partial charge < -0.3 is 10.0 Å². The third-order valence-electron chi connectivity index (χ3n) is 3.24. The molecule has 0 radical (unpaired) electrons. The molecule has 1 fully saturated rings. The number of hydrogen-bond donors (Lipinski definition) is 1. The highest BCUT2D eigenvalue weighted by molar-refractivity contribution is 7.09. The molecule has 1 aliphatic rings. The molecule has 0 bridgehead atoms. The van der Waals surface area contributed by atoms with Crippen LogP contribution in [0.15, 0.2) is 0 Å². The molecule has 2 heterocycles. The molecule has 0 saturated carbocycles. The van der Waals surface area contributed by atoms with Crippen LogP contribution in [-0.2, 0) is 6.42 Å². The largest absolute Gasteiger partial charge is 0.389 e. The van der Waals surface area contributed by atoms with Gasteiger partial charge in [0, 0.05) is 50.7 Å². The van der Waals surface area contributed by atoms with E-state index in [-0.39, 0.29) is 0 Å². The standard InChI is InChI=1S/C13H24N4OS/c1-4-11-14-12(19-15-11)17-7-5-6-16(8-9-17)10-13(2,3)18/h18H,4-10H2,1-3H3. The second-order valence-electron chi connectivity index (χ2n) is 5.78. The lowest BCUT2D eigenvalue weighted by molar-refractivity contribution is 0.0385. The normalized spacial score (nSPS) is 18.6. The lowest BCUT2D eigenvalue weighted by Crippen LogP contribution is -2.40. The highest BCUT2D eigenvalue weighted by Gasteiger charge is 2.22. The van der Waals surface area contributed by atoms with Gasteiger partial charge in [0.2, 0.25) is 5.13 Å². The van der Waals surface area contributed by atoms with Crippen LogP contribution >= 0.6 is 11.5 Å². The molecule has 0 atom stereocenters. The van der Waals surface area contributed by atoms with Gasteiger partial charge >= 0.3 is 0 Å². The first-order chi connectivity index (χ1) is 8.98. The van der Waals surface area contributed by atoms with E-state index in [2.05, 4.69) is 26.1 Å². The summed E-state index contributed by atoms with van der Waals surface area (Å²) in [4.78, 5) is 9.21. The molecule has 2 rings (SSSR count). The molecule has 5 nitrogen and oxygen atoms in total. The predicted molar refractivity (Wildman–Crippen MR) is 78.9 cm³/mol. The van der Waals surface area contributed by atoms with Crippen molar-refractivity contribution < 1.29 is 5.11 Å². The number of β-amino-alcohol motifs (C(OH)–C–C–N with tert-alkyl or cyclic N) is 1. The Kier molecular flexibility index (Phi) is 4.76. The van der Waals surface area contributed by atoms with Crippen molar-refractivity contribution in [3.05, 3.63) is 5.82 Å². The highest BCUT2D eigenvalue weighted by atomic mass is 32.1. The number of aryl methyl sites for hydroxylation is 1. The van der Waals surface area contributed by atoms with E-state index < -0.39 is 5.60 Å². The lowest BCUT2D eigenvalue weighted by Gasteiger charge is -2.27. The van der Waals surface area contributed by atoms with Crippen LogP contribution in [0.4, 0.5) is 5.13 Å². The summed E-state index contributed by atoms with van der Waals surface area (Å²) in [6.07, 6.45) is 2.01. The van der Waals surface area contributed by atoms with E-state index >= 15 is 0 Å². The van der Waals surface area contributed by atoms with Crippen molar-refractivity contribution in [2.24, 2.45) is 0 Å². The Labute approximate surface area is 119 Å². The SMILES string of the molecule is CCc1nsc(N2CCCN(CC(C)(C)O)CC2)n1. The van der Waals surface area contributed by atoms with Crippen molar-refractivity contribution in [3.8, 4) is 0 Å². The smallest absolute Gasteiger partial charge is 0.205 e. The van der Waals surface area contributed by atoms with E-state index in [9.17, 15) is 5.11 Å². The maximum absolute atomic E-state index is 9.90. The minimum Gasteiger partial charge on any atom is -0.389 e. The minimum atomic E-state index is -0.618. The lowest BCUT2D eigenvalue weighted by atomic mass is 10.1. The number of anilines is 1. The third-order valence-corrected chi connectivity index (χ3v) is 4.06. The van der Waals surface area contributed by atoms with Crippen LogP contribution in [0.2, 0.25) is 0 Å². The fourth-order valence-electron chi connectivity index (χ4n) is 2.38. The first-order valence-corrected chi connectivity index (χ1v) is 7.77. The zero-order chi connectivity index (χ0) is 13.9. The first-order valence-electron chi connectivity index (χ1n) is 7.00. The first kappa shape index (κ1) is 14.7. The van der Waals surface area contributed by atoms with Crippen LogP contribution < -0.4 is 4.90 Å². The fourth-order valence-corrected chi connectivity index (χ4v) is 3.19. The molecule has 0 unspecified atom stereocenters. The molecule has 0 aliphatic carbocycles. The summed E-state index contributed by atoms with van der Waals surface area (Å²) in [5.74, 6) is 0.942. The summed E-state index contributed by atoms with van der Waals surface area (Å²) >= 11 is 1.50. The Balaban J connectivity index is 1.93. The molecule has 0 spiro atoms. The monoisotopic (exact) mass is 284 g/mol. The van der Waals surface area contributed by atoms with Crippen LogP contribution in [0.5, 0.6) is 0 Å². The molecule has 0 amide bonds. The minimum absolute atomic E-state index is 0.618. The number of aliphatic hydroxyl groups is 1. The molecular formula is C13H24N4OS. The van der Waals surface area contributed by atoms with Gasteiger partial charge in [-0.2, -0.15) is 4.37 Å². The Morgan fingerprint density at radius 2 is 2.05 bits per heavy atom. The van der Waals surface area contributed by atoms with Gasteiger partial charge in [-0.1, -0.05) is 6.92 Å². The van der Waals surface area contributed by atoms with Crippen LogP contribution in [0.25, 0.3) is 0 Å². The molecule has 19 heavy (non-hydrogen) atoms. The summed E-state index contributed by atoms with van der Waals surface area (Å²) in [6.45, 7) is 10.6. The fraction of sp³-hybridized carbons (Fsp3) is 0.846. The molecule has 1 aromatic heterocycles. The molecule has 108 valence electrons. The average Bonchev–Trinajstić information content (AvgIpc) is 2.69. The zero-order valence-electron chi connectivity index (χ0n) is 12.1. The predicted octanol–water partition coefficient (Wildman–Crippen LogP) is 1.38. The van der Waals surface area contributed by atoms with Gasteiger partial charge in [0.15, 0.2) is 0 Å². The second kappa shape index (κ2) is 6.15. The quantitative estimate of drug-likeness (QED) is 0.905. The van der Waals surface area contributed by atoms with Crippen LogP contribution in [0.1, 0.15) is 33.0 Å². The summed E-state index contributed by atoms with van der Waals surface area (Å²) in [5, 5.41) is 10.9. The Hall–Kier alpha value is -0.720. The maximum Gasteiger partial charge on any atom is 0.205 e. The zero-order valence-corrected chi connectivity index (χ0v) is 12.9. The molecule has 1 aromatic rings. The van der Waals surface area contributed by atoms with Gasteiger partial charge in [0.05, 0.1) is 5.60 Å². The van der Waals surface area contributed by atoms with Crippen molar-refractivity contribution in [2.45, 2.75) is 39.2 Å². The van der Waals surface area contributed by atoms with E-state index in [4.69, 9.17) is 0 Å². The van der Waals surface area contributed by atoms with Gasteiger partial charge in [-0.3, -0.25) is 4.90 Å². The maximum atomic E-state index is 9.90. The van der Waals surface area contributed by atoms with Crippen molar-refractivity contribution in [3.63, 3.8) is 0 Å². The van der Waals surface area contributed by atoms with E-state index in [1.165, 1.54) is 11.5 Å². The van der Waals surface area contributed by atoms with Crippen molar-refractivity contribution in [1.29, 1.82) is 0 Å². The van der Waals surface area contributed by atoms with Gasteiger partial charge in [0.25, 0.3) is 0 Å². The van der Waals surface area contributed by atoms with Crippen LogP contribution in [-0.4, -0.2) is 57.7 Å². The van der Waals surface area contributed by atoms with Crippen LogP contribution in [0.3, 0.4) is 0 Å². The van der Waals surface area contributed by atoms with Gasteiger partial charge in [-0.15, -0.1) is 0 Å². The van der Waals surface area contributed by atoms with Crippen molar-refractivity contribution >= 4 is 16.7 Å². The van der Waals surface area contributed by atoms with E-state index in [0.717, 1.165) is 56.5 Å². The summed E-state index contributed by atoms with van der Waals surface area (Å²) in [6, 6.07) is 0. The Bertz CT molecular complexity index is 402. The van der Waals surface area contributed by atoms with Gasteiger partial charge in [-0.25, -0.2) is 4.98 Å². The molecule has 1 saturated heterocycles. The molecule has 1 aliphatic heterocycles. The average molecular weight is 284 g/mol. The second-order valence-corrected chi connectivity index (χ2v) is 6.51. The Morgan fingerprint density at radius 3 is 2.68 bits per heavy atom. The van der Waals surface area contributed by atoms with E-state index in [1.54, 1.807) is 0 Å². The number of aromatic nitrogens is 2. The molecule has 0 aromatic carbocycles. The van der Waals surface area contributed by atoms with E-state index in [1.807, 2.05) is 13.8 Å². The molecule has 1 N–H and O–H groups in total. The number of rotatable bonds is 4. The van der Waals surface area contributed by atoms with Gasteiger partial charge in [-0.05, 0) is 20.3 Å². The molecular weight excluding hydrogens is 260 g/mol. The van der Waals surface area contributed by atoms with E-state index in [0.29, 0.717) is 0 Å². The molecule has 6 heteroatoms. The van der Waals surface area contributed by atoms with Gasteiger partial charge in [0.1, 0.15) is 5.82 Å². The third kappa shape index (κ3) is 4.40. The topological polar surface area (TPSA) is 52.5 Å². The van der Waals surface area contributed by atoms with Crippen molar-refractivity contribution in [1.82, 2.24) is 14.3 Å². The number of nitrogens with zero attached hydrogens (tertiary/aromatic N) is 4.